The number of nitrogens with zero attached hydrogens (tertiary/aromatic N) is 1. The van der Waals surface area contributed by atoms with Crippen molar-refractivity contribution < 1.29 is 17.9 Å². The van der Waals surface area contributed by atoms with Crippen LogP contribution in [0.4, 0.5) is 9.93 Å². The lowest BCUT2D eigenvalue weighted by Gasteiger charge is -2.09. The number of amides is 2. The van der Waals surface area contributed by atoms with Gasteiger partial charge in [0.1, 0.15) is 11.5 Å². The molecule has 2 N–H and O–H groups in total. The maximum atomic E-state index is 12.3. The fraction of sp³-hybridized carbons (Fsp3) is 0. The largest absolute Gasteiger partial charge is 0.456 e. The first-order chi connectivity index (χ1) is 12.8. The highest BCUT2D eigenvalue weighted by molar-refractivity contribution is 9.11. The predicted octanol–water partition coefficient (Wildman–Crippen LogP) is 4.86. The van der Waals surface area contributed by atoms with E-state index in [0.29, 0.717) is 20.3 Å². The summed E-state index contributed by atoms with van der Waals surface area (Å²) in [6.07, 6.45) is 1.49. The number of anilines is 1. The van der Waals surface area contributed by atoms with Gasteiger partial charge >= 0.3 is 6.03 Å². The Balaban J connectivity index is 1.67. The molecule has 0 fully saturated rings. The summed E-state index contributed by atoms with van der Waals surface area (Å²) < 4.78 is 32.8. The molecule has 7 nitrogen and oxygen atoms in total. The Kier molecular flexibility index (Phi) is 6.00. The summed E-state index contributed by atoms with van der Waals surface area (Å²) in [5.74, 6) is 0.848. The lowest BCUT2D eigenvalue weighted by Crippen LogP contribution is -2.34. The van der Waals surface area contributed by atoms with Crippen molar-refractivity contribution in [1.82, 2.24) is 9.71 Å². The smallest absolute Gasteiger partial charge is 0.334 e. The lowest BCUT2D eigenvalue weighted by atomic mass is 10.3. The molecule has 1 heterocycles. The molecular formula is C16H11BrClN3O4S2. The van der Waals surface area contributed by atoms with Crippen LogP contribution in [0.25, 0.3) is 0 Å². The molecule has 1 aromatic heterocycles. The van der Waals surface area contributed by atoms with Gasteiger partial charge < -0.3 is 4.74 Å². The molecule has 2 amide bonds. The highest BCUT2D eigenvalue weighted by atomic mass is 79.9. The van der Waals surface area contributed by atoms with Crippen LogP contribution in [0.5, 0.6) is 11.5 Å². The van der Waals surface area contributed by atoms with Crippen molar-refractivity contribution in [3.8, 4) is 11.5 Å². The average molecular weight is 489 g/mol. The van der Waals surface area contributed by atoms with Gasteiger partial charge in [-0.25, -0.2) is 22.9 Å². The van der Waals surface area contributed by atoms with Crippen LogP contribution in [0.2, 0.25) is 5.02 Å². The number of benzene rings is 2. The second kappa shape index (κ2) is 8.26. The number of halogens is 2. The van der Waals surface area contributed by atoms with Gasteiger partial charge in [-0.1, -0.05) is 35.1 Å². The van der Waals surface area contributed by atoms with Gasteiger partial charge in [0.25, 0.3) is 10.0 Å². The molecule has 0 bridgehead atoms. The van der Waals surface area contributed by atoms with Crippen LogP contribution in [-0.4, -0.2) is 19.4 Å². The number of urea groups is 1. The summed E-state index contributed by atoms with van der Waals surface area (Å²) >= 11 is 10.4. The molecule has 0 aliphatic rings. The number of thiazole rings is 1. The van der Waals surface area contributed by atoms with Crippen molar-refractivity contribution in [3.05, 3.63) is 63.5 Å². The third-order valence-corrected chi connectivity index (χ3v) is 6.17. The van der Waals surface area contributed by atoms with E-state index >= 15 is 0 Å². The second-order valence-corrected chi connectivity index (χ2v) is 9.53. The number of carbonyl (C=O) groups is 1. The van der Waals surface area contributed by atoms with Crippen LogP contribution in [0.3, 0.4) is 0 Å². The summed E-state index contributed by atoms with van der Waals surface area (Å²) in [5.41, 5.74) is 0. The molecule has 3 aromatic rings. The Morgan fingerprint density at radius 3 is 2.48 bits per heavy atom. The molecule has 0 atom stereocenters. The van der Waals surface area contributed by atoms with Gasteiger partial charge in [0.15, 0.2) is 5.13 Å². The minimum Gasteiger partial charge on any atom is -0.456 e. The molecule has 0 saturated carbocycles. The Hall–Kier alpha value is -2.14. The van der Waals surface area contributed by atoms with Crippen molar-refractivity contribution in [2.24, 2.45) is 0 Å². The number of ether oxygens (including phenoxy) is 1. The number of nitrogens with one attached hydrogen (secondary N) is 2. The molecule has 0 saturated heterocycles. The van der Waals surface area contributed by atoms with E-state index in [-0.39, 0.29) is 10.0 Å². The van der Waals surface area contributed by atoms with E-state index in [2.05, 4.69) is 26.2 Å². The molecule has 0 aliphatic heterocycles. The van der Waals surface area contributed by atoms with E-state index < -0.39 is 16.1 Å². The highest BCUT2D eigenvalue weighted by Gasteiger charge is 2.18. The summed E-state index contributed by atoms with van der Waals surface area (Å²) in [5, 5.41) is 3.04. The number of para-hydroxylation sites is 1. The predicted molar refractivity (Wildman–Crippen MR) is 107 cm³/mol. The van der Waals surface area contributed by atoms with Crippen LogP contribution < -0.4 is 14.8 Å². The maximum absolute atomic E-state index is 12.3. The van der Waals surface area contributed by atoms with Crippen LogP contribution in [-0.2, 0) is 10.0 Å². The van der Waals surface area contributed by atoms with Crippen LogP contribution in [0, 0.1) is 0 Å². The number of hydrogen-bond donors (Lipinski definition) is 2. The van der Waals surface area contributed by atoms with E-state index in [1.165, 1.54) is 30.5 Å². The van der Waals surface area contributed by atoms with Crippen LogP contribution >= 0.6 is 38.9 Å². The van der Waals surface area contributed by atoms with Gasteiger partial charge in [-0.05, 0) is 52.3 Å². The first-order valence-electron chi connectivity index (χ1n) is 7.31. The zero-order valence-corrected chi connectivity index (χ0v) is 17.3. The minimum absolute atomic E-state index is 0.0931. The Bertz CT molecular complexity index is 1070. The first-order valence-corrected chi connectivity index (χ1v) is 10.8. The first kappa shape index (κ1) is 19.6. The Labute approximate surface area is 172 Å². The summed E-state index contributed by atoms with van der Waals surface area (Å²) in [4.78, 5) is 15.7. The Morgan fingerprint density at radius 2 is 1.85 bits per heavy atom. The SMILES string of the molecule is O=C(Nc1ncc(Br)s1)NS(=O)(=O)c1ccc(Oc2ccccc2Cl)cc1. The average Bonchev–Trinajstić information content (AvgIpc) is 3.01. The normalized spacial score (nSPS) is 11.0. The molecule has 140 valence electrons. The molecule has 0 aliphatic carbocycles. The topological polar surface area (TPSA) is 97.4 Å². The van der Waals surface area contributed by atoms with E-state index in [1.54, 1.807) is 24.3 Å². The van der Waals surface area contributed by atoms with E-state index in [9.17, 15) is 13.2 Å². The number of aromatic nitrogens is 1. The monoisotopic (exact) mass is 487 g/mol. The molecule has 3 rings (SSSR count). The summed E-state index contributed by atoms with van der Waals surface area (Å²) in [7, 11) is -4.05. The van der Waals surface area contributed by atoms with E-state index in [1.807, 2.05) is 4.72 Å². The van der Waals surface area contributed by atoms with Gasteiger partial charge in [0, 0.05) is 0 Å². The minimum atomic E-state index is -4.05. The van der Waals surface area contributed by atoms with Gasteiger partial charge in [-0.2, -0.15) is 0 Å². The number of sulfonamides is 1. The standard InChI is InChI=1S/C16H11BrClN3O4S2/c17-14-9-19-16(26-14)20-15(22)21-27(23,24)11-7-5-10(6-8-11)25-13-4-2-1-3-12(13)18/h1-9H,(H2,19,20,21,22). The van der Waals surface area contributed by atoms with Crippen molar-refractivity contribution >= 4 is 60.1 Å². The van der Waals surface area contributed by atoms with Crippen molar-refractivity contribution in [2.45, 2.75) is 4.90 Å². The quantitative estimate of drug-likeness (QED) is 0.534. The van der Waals surface area contributed by atoms with Crippen LogP contribution in [0.15, 0.2) is 63.4 Å². The molecule has 27 heavy (non-hydrogen) atoms. The van der Waals surface area contributed by atoms with Crippen molar-refractivity contribution in [3.63, 3.8) is 0 Å². The number of hydrogen-bond acceptors (Lipinski definition) is 6. The Morgan fingerprint density at radius 1 is 1.15 bits per heavy atom. The third-order valence-electron chi connectivity index (χ3n) is 3.12. The molecule has 0 unspecified atom stereocenters. The van der Waals surface area contributed by atoms with E-state index in [4.69, 9.17) is 16.3 Å². The second-order valence-electron chi connectivity index (χ2n) is 5.03. The fourth-order valence-corrected chi connectivity index (χ4v) is 4.14. The van der Waals surface area contributed by atoms with Gasteiger partial charge in [-0.15, -0.1) is 0 Å². The molecule has 11 heteroatoms. The van der Waals surface area contributed by atoms with E-state index in [0.717, 1.165) is 11.3 Å². The summed E-state index contributed by atoms with van der Waals surface area (Å²) in [6, 6.07) is 11.6. The fourth-order valence-electron chi connectivity index (χ4n) is 1.96. The highest BCUT2D eigenvalue weighted by Crippen LogP contribution is 2.29. The molecule has 0 spiro atoms. The molecule has 0 radical (unpaired) electrons. The zero-order chi connectivity index (χ0) is 19.4. The molecular weight excluding hydrogens is 478 g/mol. The lowest BCUT2D eigenvalue weighted by molar-refractivity contribution is 0.256. The summed E-state index contributed by atoms with van der Waals surface area (Å²) in [6.45, 7) is 0. The van der Waals surface area contributed by atoms with Crippen molar-refractivity contribution in [2.75, 3.05) is 5.32 Å². The van der Waals surface area contributed by atoms with Crippen LogP contribution in [0.1, 0.15) is 0 Å². The van der Waals surface area contributed by atoms with Gasteiger partial charge in [0.05, 0.1) is 19.9 Å². The number of rotatable bonds is 5. The third kappa shape index (κ3) is 5.19. The molecule has 2 aromatic carbocycles. The maximum Gasteiger partial charge on any atom is 0.334 e. The van der Waals surface area contributed by atoms with Gasteiger partial charge in [-0.3, -0.25) is 5.32 Å². The van der Waals surface area contributed by atoms with Gasteiger partial charge in [0.2, 0.25) is 0 Å². The zero-order valence-electron chi connectivity index (χ0n) is 13.3. The van der Waals surface area contributed by atoms with Crippen molar-refractivity contribution in [1.29, 1.82) is 0 Å². The number of carbonyl (C=O) groups excluding carboxylic acids is 1.